The summed E-state index contributed by atoms with van der Waals surface area (Å²) in [6.45, 7) is 6.41. The Labute approximate surface area is 77.4 Å². The van der Waals surface area contributed by atoms with E-state index >= 15 is 0 Å². The van der Waals surface area contributed by atoms with Gasteiger partial charge in [0.15, 0.2) is 0 Å². The van der Waals surface area contributed by atoms with E-state index in [1.807, 2.05) is 23.7 Å². The minimum absolute atomic E-state index is 0.514. The molecule has 0 aliphatic heterocycles. The molecule has 2 aromatic rings. The first kappa shape index (κ1) is 8.23. The Morgan fingerprint density at radius 3 is 2.85 bits per heavy atom. The summed E-state index contributed by atoms with van der Waals surface area (Å²) in [5.41, 5.74) is 3.59. The molecule has 0 saturated carbocycles. The van der Waals surface area contributed by atoms with Crippen LogP contribution in [0.2, 0.25) is 0 Å². The van der Waals surface area contributed by atoms with Gasteiger partial charge in [0.05, 0.1) is 11.2 Å². The molecule has 0 atom stereocenters. The standard InChI is InChI=1S/C10H13N3/c1-7(2)10-8(3)12-13-6-11-5-4-9(10)13/h4-7H,1-3H3. The van der Waals surface area contributed by atoms with Crippen LogP contribution in [0.4, 0.5) is 0 Å². The second-order valence-electron chi connectivity index (χ2n) is 3.56. The highest BCUT2D eigenvalue weighted by molar-refractivity contribution is 5.56. The molecule has 0 unspecified atom stereocenters. The van der Waals surface area contributed by atoms with E-state index in [0.29, 0.717) is 5.92 Å². The molecule has 0 saturated heterocycles. The lowest BCUT2D eigenvalue weighted by molar-refractivity contribution is 0.861. The maximum absolute atomic E-state index is 4.39. The number of aryl methyl sites for hydroxylation is 1. The van der Waals surface area contributed by atoms with Gasteiger partial charge in [0, 0.05) is 11.8 Å². The van der Waals surface area contributed by atoms with Crippen LogP contribution in [-0.4, -0.2) is 14.6 Å². The zero-order valence-corrected chi connectivity index (χ0v) is 8.15. The van der Waals surface area contributed by atoms with Crippen molar-refractivity contribution in [3.05, 3.63) is 29.8 Å². The number of nitrogens with zero attached hydrogens (tertiary/aromatic N) is 3. The predicted octanol–water partition coefficient (Wildman–Crippen LogP) is 2.16. The number of aromatic nitrogens is 3. The fourth-order valence-corrected chi connectivity index (χ4v) is 1.76. The van der Waals surface area contributed by atoms with Crippen molar-refractivity contribution < 1.29 is 0 Å². The van der Waals surface area contributed by atoms with Gasteiger partial charge in [0.25, 0.3) is 0 Å². The molecular formula is C10H13N3. The minimum atomic E-state index is 0.514. The van der Waals surface area contributed by atoms with Crippen LogP contribution in [0.15, 0.2) is 18.6 Å². The summed E-state index contributed by atoms with van der Waals surface area (Å²) in [6, 6.07) is 2.01. The average Bonchev–Trinajstić information content (AvgIpc) is 2.39. The summed E-state index contributed by atoms with van der Waals surface area (Å²) in [5, 5.41) is 4.39. The monoisotopic (exact) mass is 175 g/mol. The van der Waals surface area contributed by atoms with Crippen molar-refractivity contribution in [1.29, 1.82) is 0 Å². The minimum Gasteiger partial charge on any atom is -0.245 e. The lowest BCUT2D eigenvalue weighted by Crippen LogP contribution is -1.89. The molecule has 0 fully saturated rings. The third kappa shape index (κ3) is 1.20. The molecule has 2 rings (SSSR count). The van der Waals surface area contributed by atoms with Crippen molar-refractivity contribution in [1.82, 2.24) is 14.6 Å². The van der Waals surface area contributed by atoms with Gasteiger partial charge in [-0.25, -0.2) is 9.50 Å². The molecule has 13 heavy (non-hydrogen) atoms. The Balaban J connectivity index is 2.78. The molecular weight excluding hydrogens is 162 g/mol. The first-order valence-electron chi connectivity index (χ1n) is 4.49. The van der Waals surface area contributed by atoms with Gasteiger partial charge in [0.2, 0.25) is 0 Å². The van der Waals surface area contributed by atoms with Crippen LogP contribution in [0, 0.1) is 6.92 Å². The highest BCUT2D eigenvalue weighted by atomic mass is 15.2. The molecule has 0 bridgehead atoms. The van der Waals surface area contributed by atoms with Crippen molar-refractivity contribution >= 4 is 5.52 Å². The first-order valence-corrected chi connectivity index (χ1v) is 4.49. The molecule has 3 heteroatoms. The molecule has 0 spiro atoms. The van der Waals surface area contributed by atoms with E-state index in [2.05, 4.69) is 23.9 Å². The molecule has 0 aliphatic carbocycles. The van der Waals surface area contributed by atoms with Crippen LogP contribution in [-0.2, 0) is 0 Å². The smallest absolute Gasteiger partial charge is 0.117 e. The molecule has 0 N–H and O–H groups in total. The fourth-order valence-electron chi connectivity index (χ4n) is 1.76. The van der Waals surface area contributed by atoms with Crippen molar-refractivity contribution in [2.24, 2.45) is 0 Å². The normalized spacial score (nSPS) is 11.4. The largest absolute Gasteiger partial charge is 0.245 e. The van der Waals surface area contributed by atoms with Crippen LogP contribution in [0.25, 0.3) is 5.52 Å². The average molecular weight is 175 g/mol. The van der Waals surface area contributed by atoms with Crippen molar-refractivity contribution in [2.45, 2.75) is 26.7 Å². The number of rotatable bonds is 1. The van der Waals surface area contributed by atoms with Gasteiger partial charge in [-0.05, 0) is 18.9 Å². The third-order valence-corrected chi connectivity index (χ3v) is 2.24. The van der Waals surface area contributed by atoms with E-state index in [4.69, 9.17) is 0 Å². The van der Waals surface area contributed by atoms with E-state index in [9.17, 15) is 0 Å². The second-order valence-corrected chi connectivity index (χ2v) is 3.56. The number of hydrogen-bond acceptors (Lipinski definition) is 2. The molecule has 0 radical (unpaired) electrons. The van der Waals surface area contributed by atoms with Gasteiger partial charge >= 0.3 is 0 Å². The molecule has 0 aliphatic rings. The lowest BCUT2D eigenvalue weighted by atomic mass is 10.0. The predicted molar refractivity (Wildman–Crippen MR) is 51.8 cm³/mol. The molecule has 0 amide bonds. The van der Waals surface area contributed by atoms with Crippen LogP contribution in [0.3, 0.4) is 0 Å². The number of fused-ring (bicyclic) bond motifs is 1. The number of hydrogen-bond donors (Lipinski definition) is 0. The van der Waals surface area contributed by atoms with Crippen LogP contribution in [0.5, 0.6) is 0 Å². The molecule has 68 valence electrons. The quantitative estimate of drug-likeness (QED) is 0.664. The fraction of sp³-hybridized carbons (Fsp3) is 0.400. The van der Waals surface area contributed by atoms with Crippen LogP contribution in [0.1, 0.15) is 31.0 Å². The summed E-state index contributed by atoms with van der Waals surface area (Å²) >= 11 is 0. The zero-order chi connectivity index (χ0) is 9.42. The highest BCUT2D eigenvalue weighted by Gasteiger charge is 2.11. The molecule has 2 aromatic heterocycles. The maximum Gasteiger partial charge on any atom is 0.117 e. The van der Waals surface area contributed by atoms with Crippen molar-refractivity contribution in [2.75, 3.05) is 0 Å². The Bertz CT molecular complexity index is 429. The van der Waals surface area contributed by atoms with E-state index in [0.717, 1.165) is 5.69 Å². The van der Waals surface area contributed by atoms with Crippen molar-refractivity contribution in [3.63, 3.8) is 0 Å². The van der Waals surface area contributed by atoms with Gasteiger partial charge in [-0.2, -0.15) is 5.10 Å². The highest BCUT2D eigenvalue weighted by Crippen LogP contribution is 2.22. The van der Waals surface area contributed by atoms with Crippen LogP contribution < -0.4 is 0 Å². The first-order chi connectivity index (χ1) is 6.20. The van der Waals surface area contributed by atoms with E-state index < -0.39 is 0 Å². The summed E-state index contributed by atoms with van der Waals surface area (Å²) in [4.78, 5) is 4.03. The Kier molecular flexibility index (Phi) is 1.79. The van der Waals surface area contributed by atoms with Gasteiger partial charge in [0.1, 0.15) is 6.33 Å². The Morgan fingerprint density at radius 2 is 2.15 bits per heavy atom. The van der Waals surface area contributed by atoms with Crippen molar-refractivity contribution in [3.8, 4) is 0 Å². The van der Waals surface area contributed by atoms with E-state index in [1.54, 1.807) is 6.33 Å². The van der Waals surface area contributed by atoms with Crippen LogP contribution >= 0.6 is 0 Å². The molecule has 3 nitrogen and oxygen atoms in total. The summed E-state index contributed by atoms with van der Waals surface area (Å²) in [7, 11) is 0. The second kappa shape index (κ2) is 2.83. The maximum atomic E-state index is 4.39. The summed E-state index contributed by atoms with van der Waals surface area (Å²) in [6.07, 6.45) is 3.55. The van der Waals surface area contributed by atoms with E-state index in [1.165, 1.54) is 11.1 Å². The zero-order valence-electron chi connectivity index (χ0n) is 8.15. The van der Waals surface area contributed by atoms with Gasteiger partial charge in [-0.1, -0.05) is 13.8 Å². The van der Waals surface area contributed by atoms with Gasteiger partial charge in [-0.3, -0.25) is 0 Å². The summed E-state index contributed by atoms with van der Waals surface area (Å²) in [5.74, 6) is 0.514. The Morgan fingerprint density at radius 1 is 1.38 bits per heavy atom. The SMILES string of the molecule is Cc1nn2cnccc2c1C(C)C. The third-order valence-electron chi connectivity index (χ3n) is 2.24. The van der Waals surface area contributed by atoms with Gasteiger partial charge in [-0.15, -0.1) is 0 Å². The van der Waals surface area contributed by atoms with Gasteiger partial charge < -0.3 is 0 Å². The topological polar surface area (TPSA) is 30.2 Å². The molecule has 0 aromatic carbocycles. The summed E-state index contributed by atoms with van der Waals surface area (Å²) < 4.78 is 1.84. The Hall–Kier alpha value is -1.38. The van der Waals surface area contributed by atoms with E-state index in [-0.39, 0.29) is 0 Å². The molecule has 2 heterocycles. The lowest BCUT2D eigenvalue weighted by Gasteiger charge is -2.02.